The predicted molar refractivity (Wildman–Crippen MR) is 61.0 cm³/mol. The second kappa shape index (κ2) is 4.99. The van der Waals surface area contributed by atoms with Crippen molar-refractivity contribution in [2.75, 3.05) is 13.7 Å². The highest BCUT2D eigenvalue weighted by Crippen LogP contribution is 2.17. The van der Waals surface area contributed by atoms with Crippen molar-refractivity contribution in [1.29, 1.82) is 0 Å². The van der Waals surface area contributed by atoms with Crippen molar-refractivity contribution in [3.63, 3.8) is 0 Å². The Bertz CT molecular complexity index is 338. The van der Waals surface area contributed by atoms with Crippen molar-refractivity contribution < 1.29 is 9.47 Å². The zero-order valence-corrected chi connectivity index (χ0v) is 8.98. The largest absolute Gasteiger partial charge is 0.497 e. The fourth-order valence-electron chi connectivity index (χ4n) is 1.72. The van der Waals surface area contributed by atoms with Gasteiger partial charge in [-0.2, -0.15) is 0 Å². The van der Waals surface area contributed by atoms with Crippen molar-refractivity contribution in [2.45, 2.75) is 18.9 Å². The normalized spacial score (nSPS) is 21.0. The van der Waals surface area contributed by atoms with Crippen LogP contribution in [-0.2, 0) is 4.74 Å². The Hall–Kier alpha value is -1.28. The molecule has 15 heavy (non-hydrogen) atoms. The zero-order valence-electron chi connectivity index (χ0n) is 8.98. The Morgan fingerprint density at radius 1 is 1.47 bits per heavy atom. The van der Waals surface area contributed by atoms with E-state index < -0.39 is 0 Å². The second-order valence-electron chi connectivity index (χ2n) is 3.69. The molecular formula is C13H16O2. The van der Waals surface area contributed by atoms with Gasteiger partial charge in [-0.3, -0.25) is 0 Å². The first-order valence-electron chi connectivity index (χ1n) is 5.32. The fourth-order valence-corrected chi connectivity index (χ4v) is 1.72. The molecular weight excluding hydrogens is 188 g/mol. The summed E-state index contributed by atoms with van der Waals surface area (Å²) < 4.78 is 10.7. The van der Waals surface area contributed by atoms with Crippen molar-refractivity contribution in [3.05, 3.63) is 35.9 Å². The Morgan fingerprint density at radius 3 is 3.13 bits per heavy atom. The molecule has 1 saturated heterocycles. The average molecular weight is 204 g/mol. The standard InChI is InChI=1S/C13H16O2/c1-14-13-5-2-4-11(10-13)7-8-12-6-3-9-15-12/h2,4-5,7-8,10,12H,3,6,9H2,1H3/b8-7+. The Kier molecular flexibility index (Phi) is 3.41. The highest BCUT2D eigenvalue weighted by atomic mass is 16.5. The summed E-state index contributed by atoms with van der Waals surface area (Å²) in [4.78, 5) is 0. The lowest BCUT2D eigenvalue weighted by atomic mass is 10.1. The van der Waals surface area contributed by atoms with Crippen LogP contribution >= 0.6 is 0 Å². The first-order chi connectivity index (χ1) is 7.38. The molecule has 1 aliphatic heterocycles. The van der Waals surface area contributed by atoms with Gasteiger partial charge in [0.1, 0.15) is 5.75 Å². The van der Waals surface area contributed by atoms with Crippen molar-refractivity contribution >= 4 is 6.08 Å². The van der Waals surface area contributed by atoms with Crippen LogP contribution in [0.2, 0.25) is 0 Å². The van der Waals surface area contributed by atoms with Gasteiger partial charge in [0.15, 0.2) is 0 Å². The molecule has 0 radical (unpaired) electrons. The molecule has 1 unspecified atom stereocenters. The van der Waals surface area contributed by atoms with Gasteiger partial charge in [0.2, 0.25) is 0 Å². The lowest BCUT2D eigenvalue weighted by Gasteiger charge is -2.03. The van der Waals surface area contributed by atoms with Gasteiger partial charge in [-0.25, -0.2) is 0 Å². The molecule has 0 N–H and O–H groups in total. The summed E-state index contributed by atoms with van der Waals surface area (Å²) in [7, 11) is 1.68. The lowest BCUT2D eigenvalue weighted by Crippen LogP contribution is -1.98. The second-order valence-corrected chi connectivity index (χ2v) is 3.69. The van der Waals surface area contributed by atoms with Crippen LogP contribution in [0.3, 0.4) is 0 Å². The van der Waals surface area contributed by atoms with Crippen LogP contribution in [0.4, 0.5) is 0 Å². The fraction of sp³-hybridized carbons (Fsp3) is 0.385. The van der Waals surface area contributed by atoms with Gasteiger partial charge < -0.3 is 9.47 Å². The molecule has 0 aromatic heterocycles. The summed E-state index contributed by atoms with van der Waals surface area (Å²) in [6, 6.07) is 8.02. The van der Waals surface area contributed by atoms with Crippen LogP contribution in [0.15, 0.2) is 30.3 Å². The van der Waals surface area contributed by atoms with Crippen LogP contribution in [0, 0.1) is 0 Å². The van der Waals surface area contributed by atoms with Gasteiger partial charge in [0.25, 0.3) is 0 Å². The first kappa shape index (κ1) is 10.2. The third-order valence-electron chi connectivity index (χ3n) is 2.56. The number of ether oxygens (including phenoxy) is 2. The van der Waals surface area contributed by atoms with E-state index in [1.807, 2.05) is 18.2 Å². The summed E-state index contributed by atoms with van der Waals surface area (Å²) in [6.07, 6.45) is 6.84. The van der Waals surface area contributed by atoms with Crippen molar-refractivity contribution in [3.8, 4) is 5.75 Å². The van der Waals surface area contributed by atoms with Gasteiger partial charge in [0.05, 0.1) is 13.2 Å². The highest BCUT2D eigenvalue weighted by molar-refractivity contribution is 5.52. The summed E-state index contributed by atoms with van der Waals surface area (Å²) in [6.45, 7) is 0.896. The van der Waals surface area contributed by atoms with E-state index in [9.17, 15) is 0 Å². The smallest absolute Gasteiger partial charge is 0.119 e. The van der Waals surface area contributed by atoms with Crippen molar-refractivity contribution in [2.24, 2.45) is 0 Å². The molecule has 1 atom stereocenters. The summed E-state index contributed by atoms with van der Waals surface area (Å²) in [5, 5.41) is 0. The van der Waals surface area contributed by atoms with E-state index in [-0.39, 0.29) is 0 Å². The molecule has 0 saturated carbocycles. The van der Waals surface area contributed by atoms with Crippen LogP contribution in [0.1, 0.15) is 18.4 Å². The number of benzene rings is 1. The van der Waals surface area contributed by atoms with Crippen LogP contribution in [0.25, 0.3) is 6.08 Å². The SMILES string of the molecule is COc1cccc(/C=C/C2CCCO2)c1. The molecule has 2 rings (SSSR count). The molecule has 2 nitrogen and oxygen atoms in total. The zero-order chi connectivity index (χ0) is 10.5. The Labute approximate surface area is 90.5 Å². The molecule has 0 aliphatic carbocycles. The van der Waals surface area contributed by atoms with Crippen molar-refractivity contribution in [1.82, 2.24) is 0 Å². The minimum Gasteiger partial charge on any atom is -0.497 e. The number of methoxy groups -OCH3 is 1. The molecule has 1 fully saturated rings. The molecule has 1 aliphatic rings. The molecule has 1 heterocycles. The predicted octanol–water partition coefficient (Wildman–Crippen LogP) is 2.89. The van der Waals surface area contributed by atoms with Gasteiger partial charge >= 0.3 is 0 Å². The van der Waals surface area contributed by atoms with Crippen LogP contribution in [0.5, 0.6) is 5.75 Å². The Balaban J connectivity index is 2.02. The monoisotopic (exact) mass is 204 g/mol. The van der Waals surface area contributed by atoms with E-state index >= 15 is 0 Å². The number of rotatable bonds is 3. The van der Waals surface area contributed by atoms with E-state index in [4.69, 9.17) is 9.47 Å². The number of hydrogen-bond acceptors (Lipinski definition) is 2. The maximum absolute atomic E-state index is 5.51. The summed E-state index contributed by atoms with van der Waals surface area (Å²) in [5.74, 6) is 0.893. The topological polar surface area (TPSA) is 18.5 Å². The molecule has 0 amide bonds. The van der Waals surface area contributed by atoms with Gasteiger partial charge in [-0.15, -0.1) is 0 Å². The number of hydrogen-bond donors (Lipinski definition) is 0. The van der Waals surface area contributed by atoms with E-state index in [2.05, 4.69) is 18.2 Å². The summed E-state index contributed by atoms with van der Waals surface area (Å²) in [5.41, 5.74) is 1.16. The molecule has 1 aromatic rings. The van der Waals surface area contributed by atoms with E-state index in [0.29, 0.717) is 6.10 Å². The maximum Gasteiger partial charge on any atom is 0.119 e. The molecule has 0 spiro atoms. The van der Waals surface area contributed by atoms with E-state index in [0.717, 1.165) is 24.3 Å². The third kappa shape index (κ3) is 2.83. The minimum absolute atomic E-state index is 0.302. The molecule has 0 bridgehead atoms. The first-order valence-corrected chi connectivity index (χ1v) is 5.32. The quantitative estimate of drug-likeness (QED) is 0.753. The maximum atomic E-state index is 5.51. The van der Waals surface area contributed by atoms with Gasteiger partial charge in [-0.05, 0) is 30.5 Å². The van der Waals surface area contributed by atoms with Gasteiger partial charge in [-0.1, -0.05) is 24.3 Å². The molecule has 1 aromatic carbocycles. The lowest BCUT2D eigenvalue weighted by molar-refractivity contribution is 0.146. The molecule has 2 heteroatoms. The third-order valence-corrected chi connectivity index (χ3v) is 2.56. The van der Waals surface area contributed by atoms with E-state index in [1.54, 1.807) is 7.11 Å². The van der Waals surface area contributed by atoms with Crippen LogP contribution < -0.4 is 4.74 Å². The highest BCUT2D eigenvalue weighted by Gasteiger charge is 2.11. The van der Waals surface area contributed by atoms with E-state index in [1.165, 1.54) is 6.42 Å². The van der Waals surface area contributed by atoms with Gasteiger partial charge in [0, 0.05) is 6.61 Å². The summed E-state index contributed by atoms with van der Waals surface area (Å²) >= 11 is 0. The average Bonchev–Trinajstić information content (AvgIpc) is 2.79. The van der Waals surface area contributed by atoms with Crippen LogP contribution in [-0.4, -0.2) is 19.8 Å². The minimum atomic E-state index is 0.302. The molecule has 80 valence electrons. The Morgan fingerprint density at radius 2 is 2.40 bits per heavy atom.